The number of nitrogens with one attached hydrogen (secondary N) is 10. The number of hydrogen-bond acceptors (Lipinski definition) is 43. The maximum Gasteiger partial charge on any atom is 0.326 e. The molecule has 0 aliphatic heterocycles. The summed E-state index contributed by atoms with van der Waals surface area (Å²) in [5.74, 6) is -29.0. The van der Waals surface area contributed by atoms with E-state index in [0.717, 1.165) is 11.8 Å². The Morgan fingerprint density at radius 3 is 1.07 bits per heavy atom. The van der Waals surface area contributed by atoms with Gasteiger partial charge < -0.3 is 176 Å². The van der Waals surface area contributed by atoms with Gasteiger partial charge in [0.1, 0.15) is 85.1 Å². The number of ketones is 4. The maximum absolute atomic E-state index is 15.2. The molecule has 3 rings (SSSR count). The first-order valence-electron chi connectivity index (χ1n) is 42.9. The quantitative estimate of drug-likeness (QED) is 0.0249. The number of carbonyl (C=O) groups is 16. The van der Waals surface area contributed by atoms with Gasteiger partial charge >= 0.3 is 23.9 Å². The van der Waals surface area contributed by atoms with E-state index < -0.39 is 414 Å². The number of aromatic amines is 1. The van der Waals surface area contributed by atoms with Gasteiger partial charge in [-0.25, -0.2) is 14.8 Å². The molecule has 770 valence electrons. The van der Waals surface area contributed by atoms with Crippen molar-refractivity contribution in [2.45, 2.75) is 244 Å². The van der Waals surface area contributed by atoms with Crippen LogP contribution in [0.15, 0.2) is 35.3 Å². The van der Waals surface area contributed by atoms with Gasteiger partial charge in [0, 0.05) is 132 Å². The fraction of sp³-hybridized carbons (Fsp3) is 0.654. The van der Waals surface area contributed by atoms with Crippen LogP contribution in [0.2, 0.25) is 0 Å². The van der Waals surface area contributed by atoms with E-state index in [2.05, 4.69) is 67.8 Å². The Bertz CT molecular complexity index is 4530. The number of amides is 8. The molecule has 36 N–H and O–H groups in total. The number of Topliss-reactive ketones (excluding diaryl/α,β-unsaturated/α-hetero) is 4. The Labute approximate surface area is 782 Å². The molecule has 0 radical (unpaired) electrons. The molecule has 2 aromatic heterocycles. The number of aliphatic hydroxyl groups excluding tert-OH is 20. The lowest BCUT2D eigenvalue weighted by molar-refractivity contribution is -0.143. The minimum Gasteiger partial charge on any atom is -0.481 e. The zero-order chi connectivity index (χ0) is 103. The van der Waals surface area contributed by atoms with Crippen molar-refractivity contribution in [3.63, 3.8) is 0 Å². The highest BCUT2D eigenvalue weighted by Crippen LogP contribution is 2.25. The smallest absolute Gasteiger partial charge is 0.326 e. The number of hydrogen-bond donors (Lipinski definition) is 35. The van der Waals surface area contributed by atoms with Crippen LogP contribution in [0.3, 0.4) is 0 Å². The molecule has 1 aromatic carbocycles. The first-order chi connectivity index (χ1) is 64.4. The Hall–Kier alpha value is -11.1. The van der Waals surface area contributed by atoms with Crippen molar-refractivity contribution in [3.05, 3.63) is 52.1 Å². The van der Waals surface area contributed by atoms with Crippen LogP contribution in [0.4, 0.5) is 11.6 Å². The number of H-pyrrole nitrogens is 1. The van der Waals surface area contributed by atoms with E-state index in [4.69, 9.17) is 5.73 Å². The molecule has 0 spiro atoms. The summed E-state index contributed by atoms with van der Waals surface area (Å²) in [7, 11) is 0. The summed E-state index contributed by atoms with van der Waals surface area (Å²) in [5.41, 5.74) is 5.30. The van der Waals surface area contributed by atoms with Gasteiger partial charge in [-0.2, -0.15) is 16.7 Å². The van der Waals surface area contributed by atoms with E-state index in [1.54, 1.807) is 0 Å². The number of aliphatic hydroxyl groups is 20. The summed E-state index contributed by atoms with van der Waals surface area (Å²) < 4.78 is 0. The molecule has 24 atom stereocenters. The molecule has 0 bridgehead atoms. The van der Waals surface area contributed by atoms with Gasteiger partial charge in [0.15, 0.2) is 28.5 Å². The lowest BCUT2D eigenvalue weighted by Gasteiger charge is -2.27. The summed E-state index contributed by atoms with van der Waals surface area (Å²) in [6.07, 6.45) is -48.2. The third-order valence-corrected chi connectivity index (χ3v) is 22.4. The van der Waals surface area contributed by atoms with Crippen molar-refractivity contribution >= 4 is 129 Å². The summed E-state index contributed by atoms with van der Waals surface area (Å²) in [6, 6.07) is -2.77. The van der Waals surface area contributed by atoms with Crippen LogP contribution in [0.1, 0.15) is 132 Å². The average Bonchev–Trinajstić information content (AvgIpc) is 0.807. The van der Waals surface area contributed by atoms with Gasteiger partial charge in [0.25, 0.3) is 11.5 Å². The molecule has 137 heavy (non-hydrogen) atoms. The summed E-state index contributed by atoms with van der Waals surface area (Å²) >= 11 is 0.968. The third kappa shape index (κ3) is 42.4. The van der Waals surface area contributed by atoms with Crippen LogP contribution in [-0.2, 0) is 78.5 Å². The van der Waals surface area contributed by atoms with Gasteiger partial charge in [-0.3, -0.25) is 81.7 Å². The van der Waals surface area contributed by atoms with Crippen LogP contribution in [0, 0.1) is 23.7 Å². The lowest BCUT2D eigenvalue weighted by atomic mass is 9.88. The van der Waals surface area contributed by atoms with Crippen LogP contribution in [0.25, 0.3) is 11.2 Å². The Kier molecular flexibility index (Phi) is 53.7. The number of thioether (sulfide) groups is 1. The number of benzene rings is 1. The number of carboxylic acids is 4. The van der Waals surface area contributed by atoms with Gasteiger partial charge in [-0.15, -0.1) is 0 Å². The number of fused-ring (bicyclic) bond motifs is 1. The summed E-state index contributed by atoms with van der Waals surface area (Å²) in [5, 5.41) is 262. The number of aromatic nitrogens is 4. The Morgan fingerprint density at radius 2 is 0.723 bits per heavy atom. The molecule has 0 fully saturated rings. The molecular weight excluding hydrogens is 1860 g/mol. The molecule has 56 heteroatoms. The number of nitrogens with two attached hydrogens (primary N) is 1. The monoisotopic (exact) mass is 1980 g/mol. The van der Waals surface area contributed by atoms with Crippen LogP contribution in [0.5, 0.6) is 0 Å². The molecule has 2 heterocycles. The van der Waals surface area contributed by atoms with E-state index >= 15 is 14.4 Å². The Morgan fingerprint density at radius 1 is 0.394 bits per heavy atom. The normalized spacial score (nSPS) is 16.9. The number of anilines is 2. The second kappa shape index (κ2) is 61.3. The highest BCUT2D eigenvalue weighted by Gasteiger charge is 2.40. The molecule has 0 saturated heterocycles. The number of nitrogens with zero attached hydrogens (tertiary/aromatic N) is 3. The van der Waals surface area contributed by atoms with Crippen LogP contribution >= 0.6 is 11.8 Å². The highest BCUT2D eigenvalue weighted by molar-refractivity contribution is 7.98. The number of carboxylic acid groups (broad SMARTS) is 4. The number of carbonyl (C=O) groups excluding carboxylic acids is 12. The lowest BCUT2D eigenvalue weighted by Crippen LogP contribution is -2.50. The topological polar surface area (TPSA) is 964 Å². The van der Waals surface area contributed by atoms with Crippen molar-refractivity contribution in [1.82, 2.24) is 62.5 Å². The molecule has 1 unspecified atom stereocenters. The Balaban J connectivity index is 2.23. The molecular formula is C81H124N14O41S. The second-order valence-corrected chi connectivity index (χ2v) is 33.2. The van der Waals surface area contributed by atoms with Crippen molar-refractivity contribution < 1.29 is 199 Å². The minimum atomic E-state index is -2.29. The average molecular weight is 1980 g/mol. The molecule has 0 aliphatic carbocycles. The highest BCUT2D eigenvalue weighted by atomic mass is 32.2. The zero-order valence-corrected chi connectivity index (χ0v) is 74.9. The van der Waals surface area contributed by atoms with E-state index in [1.165, 1.54) is 36.7 Å². The van der Waals surface area contributed by atoms with E-state index in [9.17, 15) is 190 Å². The number of aliphatic carboxylic acids is 4. The van der Waals surface area contributed by atoms with E-state index in [1.807, 2.05) is 0 Å². The van der Waals surface area contributed by atoms with Crippen molar-refractivity contribution in [2.75, 3.05) is 75.7 Å². The first-order valence-corrected chi connectivity index (χ1v) is 44.3. The van der Waals surface area contributed by atoms with Gasteiger partial charge in [-0.05, 0) is 75.5 Å². The van der Waals surface area contributed by atoms with Crippen molar-refractivity contribution in [3.8, 4) is 0 Å². The van der Waals surface area contributed by atoms with Crippen LogP contribution in [-0.4, -0.2) is 423 Å². The standard InChI is InChI=1S/C81H124N14O41S/c1-137-34-39(79(133)134)23-49(103)44(12-17-61(115)87-29-53(107)68(123)72(127)57(111)33-99)91-77(131)38(6-18-62(116)117)22-47(101)43(11-16-60(114)86-28-52(106)67(122)71(126)56(110)32-98)90-76(130)37(5-15-59(113)85-27-51(105)66(121)70(125)55(109)31-97)21-48(102)45(13-19-63(118)119)92-75(129)36(4-14-58(112)84-26-50(104)65(120)69(124)54(108)30-96)20-42(100)9-10-46(80(135)136)93-74(128)35-2-7-40(8-3-35)83-24-41-25-88-73-64(89-41)78(132)95-81(82)94-73/h2-3,7-8,25,36-39,43-46,50-57,65-72,83,96-99,104-111,120-127H,4-6,9-24,26-34H2,1H3,(H,84,112)(H,85,113)(H,86,114)(H,87,115)(H,90,130)(H,91,131)(H,92,129)(H,93,128)(H,116,117)(H,118,119)(H,133,134)(H,135,136)(H3,82,88,94,95,132)/t36-,37-,38-,39?,43+,44+,45+,46+,50+,51+,52+,53+,54-,55-,56-,57-,65-,66-,67-,68-,69-,70-,71-,72-/m1/s1. The van der Waals surface area contributed by atoms with Crippen LogP contribution < -0.4 is 59.1 Å². The number of rotatable bonds is 71. The maximum atomic E-state index is 15.2. The SMILES string of the molecule is CSCC(CC(=O)[C@H](CCC(=O)NC[C@H](O)[C@@H](O)[C@H](O)[C@H](O)CO)NC(=O)[C@H](CCC(=O)O)CC(=O)[C@H](CCC(=O)NC[C@H](O)[C@@H](O)[C@H](O)[C@H](O)CO)NC(=O)[C@H](CCC(=O)NC[C@H](O)[C@@H](O)[C@H](O)[C@H](O)CO)CC(=O)[C@H](CCC(=O)O)NC(=O)[C@H](CCC(=O)NC[C@H](O)[C@@H](O)[C@H](O)[C@H](O)CO)CC(=O)CC[C@H](NC(=O)c1ccc(NCc2cnc3nc(N)[nH]c(=O)c3n2)cc1)C(=O)O)C(=O)O. The number of nitrogen functional groups attached to an aromatic ring is 1. The summed E-state index contributed by atoms with van der Waals surface area (Å²) in [6.45, 7) is -8.23. The predicted octanol–water partition coefficient (Wildman–Crippen LogP) is -13.9. The van der Waals surface area contributed by atoms with Gasteiger partial charge in [-0.1, -0.05) is 0 Å². The molecule has 8 amide bonds. The van der Waals surface area contributed by atoms with Gasteiger partial charge in [0.05, 0.1) is 93.3 Å². The molecule has 3 aromatic rings. The second-order valence-electron chi connectivity index (χ2n) is 32.3. The van der Waals surface area contributed by atoms with Gasteiger partial charge in [0.2, 0.25) is 47.3 Å². The fourth-order valence-corrected chi connectivity index (χ4v) is 13.9. The third-order valence-electron chi connectivity index (χ3n) is 21.6. The first kappa shape index (κ1) is 120. The van der Waals surface area contributed by atoms with E-state index in [0.29, 0.717) is 5.69 Å². The van der Waals surface area contributed by atoms with Crippen molar-refractivity contribution in [2.24, 2.45) is 23.7 Å². The summed E-state index contributed by atoms with van der Waals surface area (Å²) in [4.78, 5) is 247. The van der Waals surface area contributed by atoms with Crippen molar-refractivity contribution in [1.29, 1.82) is 0 Å². The molecule has 55 nitrogen and oxygen atoms in total. The minimum absolute atomic E-state index is 0.0147. The molecule has 0 aliphatic rings. The molecule has 0 saturated carbocycles. The zero-order valence-electron chi connectivity index (χ0n) is 74.0. The predicted molar refractivity (Wildman–Crippen MR) is 466 cm³/mol. The van der Waals surface area contributed by atoms with E-state index in [-0.39, 0.29) is 40.7 Å². The fourth-order valence-electron chi connectivity index (χ4n) is 13.2. The largest absolute Gasteiger partial charge is 0.481 e.